The minimum absolute atomic E-state index is 0.198. The highest BCUT2D eigenvalue weighted by atomic mass is 19.1. The van der Waals surface area contributed by atoms with E-state index < -0.39 is 18.0 Å². The number of pyridine rings is 1. The van der Waals surface area contributed by atoms with E-state index in [-0.39, 0.29) is 19.0 Å². The zero-order valence-corrected chi connectivity index (χ0v) is 18.6. The summed E-state index contributed by atoms with van der Waals surface area (Å²) >= 11 is 0. The number of tetrazole rings is 1. The van der Waals surface area contributed by atoms with Crippen LogP contribution in [0.15, 0.2) is 66.9 Å². The molecule has 1 saturated heterocycles. The topological polar surface area (TPSA) is 115 Å². The number of cyclic esters (lactones) is 1. The molecule has 0 aliphatic carbocycles. The normalized spacial score (nSPS) is 15.2. The predicted octanol–water partition coefficient (Wildman–Crippen LogP) is 2.99. The molecule has 0 saturated carbocycles. The molecule has 11 heteroatoms. The molecule has 1 unspecified atom stereocenters. The van der Waals surface area contributed by atoms with Crippen molar-refractivity contribution >= 4 is 17.7 Å². The van der Waals surface area contributed by atoms with Crippen molar-refractivity contribution in [3.63, 3.8) is 0 Å². The zero-order chi connectivity index (χ0) is 24.4. The number of benzene rings is 2. The summed E-state index contributed by atoms with van der Waals surface area (Å²) in [5, 5.41) is 14.5. The van der Waals surface area contributed by atoms with Crippen LogP contribution in [0.25, 0.3) is 28.3 Å². The smallest absolute Gasteiger partial charge is 0.414 e. The summed E-state index contributed by atoms with van der Waals surface area (Å²) in [6.45, 7) is 1.79. The highest BCUT2D eigenvalue weighted by molar-refractivity contribution is 5.90. The van der Waals surface area contributed by atoms with Gasteiger partial charge >= 0.3 is 6.09 Å². The van der Waals surface area contributed by atoms with E-state index in [1.165, 1.54) is 28.8 Å². The van der Waals surface area contributed by atoms with E-state index in [2.05, 4.69) is 25.8 Å². The van der Waals surface area contributed by atoms with E-state index in [9.17, 15) is 9.59 Å². The van der Waals surface area contributed by atoms with Crippen LogP contribution in [0, 0.1) is 5.82 Å². The average molecular weight is 473 g/mol. The monoisotopic (exact) mass is 473 g/mol. The summed E-state index contributed by atoms with van der Waals surface area (Å²) in [5.74, 6) is 0.295. The lowest BCUT2D eigenvalue weighted by molar-refractivity contribution is -0.119. The van der Waals surface area contributed by atoms with E-state index in [0.717, 1.165) is 5.56 Å². The summed E-state index contributed by atoms with van der Waals surface area (Å²) in [5.41, 5.74) is 2.09. The number of hydrogen-bond acceptors (Lipinski definition) is 7. The molecule has 1 aliphatic rings. The molecule has 3 heterocycles. The zero-order valence-electron chi connectivity index (χ0n) is 18.6. The average Bonchev–Trinajstić information content (AvgIpc) is 3.50. The maximum absolute atomic E-state index is 15.0. The molecule has 1 atom stereocenters. The maximum Gasteiger partial charge on any atom is 0.414 e. The molecule has 5 rings (SSSR count). The van der Waals surface area contributed by atoms with Crippen molar-refractivity contribution < 1.29 is 18.7 Å². The quantitative estimate of drug-likeness (QED) is 0.458. The van der Waals surface area contributed by atoms with Gasteiger partial charge in [0.2, 0.25) is 5.91 Å². The van der Waals surface area contributed by atoms with E-state index in [1.807, 2.05) is 30.3 Å². The fourth-order valence-electron chi connectivity index (χ4n) is 3.78. The number of carbonyl (C=O) groups is 2. The molecule has 1 fully saturated rings. The lowest BCUT2D eigenvalue weighted by Crippen LogP contribution is -2.33. The minimum Gasteiger partial charge on any atom is -0.442 e. The summed E-state index contributed by atoms with van der Waals surface area (Å²) < 4.78 is 21.8. The first-order valence-corrected chi connectivity index (χ1v) is 10.8. The number of hydrogen-bond donors (Lipinski definition) is 1. The van der Waals surface area contributed by atoms with Crippen molar-refractivity contribution in [2.24, 2.45) is 0 Å². The fourth-order valence-corrected chi connectivity index (χ4v) is 3.78. The number of amides is 2. The third-order valence-electron chi connectivity index (χ3n) is 5.49. The summed E-state index contributed by atoms with van der Waals surface area (Å²) in [6.07, 6.45) is 0.449. The number of anilines is 1. The predicted molar refractivity (Wildman–Crippen MR) is 124 cm³/mol. The van der Waals surface area contributed by atoms with Gasteiger partial charge in [0.25, 0.3) is 0 Å². The lowest BCUT2D eigenvalue weighted by atomic mass is 10.1. The van der Waals surface area contributed by atoms with Gasteiger partial charge in [-0.25, -0.2) is 14.2 Å². The Hall–Kier alpha value is -4.67. The number of ether oxygens (including phenoxy) is 1. The Morgan fingerprint density at radius 1 is 1.14 bits per heavy atom. The molecule has 35 heavy (non-hydrogen) atoms. The van der Waals surface area contributed by atoms with Crippen molar-refractivity contribution in [1.29, 1.82) is 0 Å². The van der Waals surface area contributed by atoms with Gasteiger partial charge in [0.1, 0.15) is 11.9 Å². The van der Waals surface area contributed by atoms with E-state index in [1.54, 1.807) is 24.3 Å². The summed E-state index contributed by atoms with van der Waals surface area (Å²) in [7, 11) is 0. The van der Waals surface area contributed by atoms with Crippen LogP contribution in [-0.4, -0.2) is 56.4 Å². The summed E-state index contributed by atoms with van der Waals surface area (Å²) in [4.78, 5) is 29.1. The highest BCUT2D eigenvalue weighted by Crippen LogP contribution is 2.29. The second kappa shape index (κ2) is 9.29. The Morgan fingerprint density at radius 3 is 2.69 bits per heavy atom. The second-order valence-electron chi connectivity index (χ2n) is 7.90. The molecule has 1 N–H and O–H groups in total. The minimum atomic E-state index is -0.589. The number of rotatable bonds is 6. The van der Waals surface area contributed by atoms with Gasteiger partial charge in [-0.3, -0.25) is 9.69 Å². The first-order chi connectivity index (χ1) is 17.0. The SMILES string of the molecule is CC(=O)NCC1CN(c2ccc(-c3ccc(-n4nnnc4-c4ccccc4)nc3)c(F)c2)C(=O)O1. The van der Waals surface area contributed by atoms with Gasteiger partial charge in [0, 0.05) is 29.8 Å². The van der Waals surface area contributed by atoms with Gasteiger partial charge in [-0.05, 0) is 40.8 Å². The number of carbonyl (C=O) groups excluding carboxylic acids is 2. The van der Waals surface area contributed by atoms with Crippen molar-refractivity contribution in [1.82, 2.24) is 30.5 Å². The molecule has 0 spiro atoms. The number of halogens is 1. The fraction of sp³-hybridized carbons (Fsp3) is 0.167. The van der Waals surface area contributed by atoms with Gasteiger partial charge in [0.15, 0.2) is 11.6 Å². The van der Waals surface area contributed by atoms with Gasteiger partial charge < -0.3 is 10.1 Å². The number of nitrogens with zero attached hydrogens (tertiary/aromatic N) is 6. The van der Waals surface area contributed by atoms with Gasteiger partial charge in [-0.15, -0.1) is 5.10 Å². The largest absolute Gasteiger partial charge is 0.442 e. The van der Waals surface area contributed by atoms with E-state index in [4.69, 9.17) is 4.74 Å². The van der Waals surface area contributed by atoms with Crippen LogP contribution in [0.3, 0.4) is 0 Å². The molecule has 176 valence electrons. The summed E-state index contributed by atoms with van der Waals surface area (Å²) in [6, 6.07) is 17.4. The molecule has 1 aliphatic heterocycles. The van der Waals surface area contributed by atoms with Crippen molar-refractivity contribution in [3.8, 4) is 28.3 Å². The van der Waals surface area contributed by atoms with Crippen molar-refractivity contribution in [2.75, 3.05) is 18.0 Å². The van der Waals surface area contributed by atoms with Crippen LogP contribution >= 0.6 is 0 Å². The van der Waals surface area contributed by atoms with Gasteiger partial charge in [0.05, 0.1) is 18.8 Å². The van der Waals surface area contributed by atoms with Gasteiger partial charge in [-0.2, -0.15) is 4.68 Å². The molecular formula is C24H20FN7O3. The molecule has 2 aromatic carbocycles. The Kier molecular flexibility index (Phi) is 5.88. The molecule has 10 nitrogen and oxygen atoms in total. The van der Waals surface area contributed by atoms with E-state index >= 15 is 4.39 Å². The van der Waals surface area contributed by atoms with Crippen LogP contribution in [0.2, 0.25) is 0 Å². The van der Waals surface area contributed by atoms with Gasteiger partial charge in [-0.1, -0.05) is 30.3 Å². The Balaban J connectivity index is 1.34. The second-order valence-corrected chi connectivity index (χ2v) is 7.90. The van der Waals surface area contributed by atoms with Crippen molar-refractivity contribution in [3.05, 3.63) is 72.7 Å². The molecule has 0 radical (unpaired) electrons. The molecule has 2 aromatic heterocycles. The van der Waals surface area contributed by atoms with Crippen LogP contribution in [-0.2, 0) is 9.53 Å². The van der Waals surface area contributed by atoms with Crippen LogP contribution in [0.5, 0.6) is 0 Å². The molecule has 4 aromatic rings. The Bertz CT molecular complexity index is 1380. The highest BCUT2D eigenvalue weighted by Gasteiger charge is 2.32. The van der Waals surface area contributed by atoms with Crippen LogP contribution in [0.1, 0.15) is 6.92 Å². The Labute approximate surface area is 199 Å². The van der Waals surface area contributed by atoms with Crippen molar-refractivity contribution in [2.45, 2.75) is 13.0 Å². The Morgan fingerprint density at radius 2 is 1.97 bits per heavy atom. The van der Waals surface area contributed by atoms with E-state index in [0.29, 0.717) is 28.5 Å². The third kappa shape index (κ3) is 4.56. The third-order valence-corrected chi connectivity index (χ3v) is 5.49. The molecule has 2 amide bonds. The van der Waals surface area contributed by atoms with Crippen LogP contribution < -0.4 is 10.2 Å². The van der Waals surface area contributed by atoms with Crippen LogP contribution in [0.4, 0.5) is 14.9 Å². The first kappa shape index (κ1) is 22.1. The molecular weight excluding hydrogens is 453 g/mol. The maximum atomic E-state index is 15.0. The first-order valence-electron chi connectivity index (χ1n) is 10.8. The lowest BCUT2D eigenvalue weighted by Gasteiger charge is -2.14. The standard InChI is InChI=1S/C24H20FN7O3/c1-15(33)26-13-19-14-31(24(34)35-19)18-8-9-20(21(25)11-18)17-7-10-22(27-12-17)32-23(28-29-30-32)16-5-3-2-4-6-16/h2-12,19H,13-14H2,1H3,(H,26,33). The number of nitrogens with one attached hydrogen (secondary N) is 1. The number of aromatic nitrogens is 5. The molecule has 0 bridgehead atoms.